The Labute approximate surface area is 119 Å². The third-order valence-corrected chi connectivity index (χ3v) is 3.33. The Balaban J connectivity index is 2.11. The minimum Gasteiger partial charge on any atom is -0.320 e. The number of nitrogens with one attached hydrogen (secondary N) is 1. The molecule has 2 aromatic rings. The van der Waals surface area contributed by atoms with Crippen molar-refractivity contribution in [2.75, 3.05) is 5.32 Å². The van der Waals surface area contributed by atoms with Crippen LogP contribution in [-0.4, -0.2) is 11.6 Å². The molecule has 1 heterocycles. The first kappa shape index (κ1) is 12.2. The highest BCUT2D eigenvalue weighted by atomic mass is 35.5. The van der Waals surface area contributed by atoms with Crippen molar-refractivity contribution in [1.82, 2.24) is 0 Å². The standard InChI is InChI=1S/C14H8Cl2N2O/c15-8-5-6-12(10(16)7-8)17-13-9-3-1-2-4-11(9)18-14(13)19/h1-7H,(H,17,18,19). The van der Waals surface area contributed by atoms with Gasteiger partial charge >= 0.3 is 0 Å². The maximum Gasteiger partial charge on any atom is 0.275 e. The van der Waals surface area contributed by atoms with Crippen LogP contribution in [0.4, 0.5) is 11.4 Å². The summed E-state index contributed by atoms with van der Waals surface area (Å²) in [6, 6.07) is 12.4. The molecular formula is C14H8Cl2N2O. The number of amides is 1. The fourth-order valence-electron chi connectivity index (χ4n) is 1.91. The van der Waals surface area contributed by atoms with E-state index in [2.05, 4.69) is 10.3 Å². The van der Waals surface area contributed by atoms with Crippen LogP contribution >= 0.6 is 23.2 Å². The van der Waals surface area contributed by atoms with Gasteiger partial charge in [-0.2, -0.15) is 0 Å². The molecule has 0 aliphatic carbocycles. The SMILES string of the molecule is O=C1Nc2ccccc2C1=Nc1ccc(Cl)cc1Cl. The Kier molecular flexibility index (Phi) is 3.01. The van der Waals surface area contributed by atoms with Crippen molar-refractivity contribution in [2.45, 2.75) is 0 Å². The number of fused-ring (bicyclic) bond motifs is 1. The summed E-state index contributed by atoms with van der Waals surface area (Å²) in [5, 5.41) is 3.71. The molecule has 1 N–H and O–H groups in total. The Bertz CT molecular complexity index is 710. The van der Waals surface area contributed by atoms with Crippen molar-refractivity contribution in [3.05, 3.63) is 58.1 Å². The van der Waals surface area contributed by atoms with E-state index < -0.39 is 0 Å². The van der Waals surface area contributed by atoms with Crippen molar-refractivity contribution in [3.63, 3.8) is 0 Å². The average Bonchev–Trinajstić information content (AvgIpc) is 2.69. The van der Waals surface area contributed by atoms with E-state index in [-0.39, 0.29) is 5.91 Å². The summed E-state index contributed by atoms with van der Waals surface area (Å²) in [4.78, 5) is 16.2. The van der Waals surface area contributed by atoms with Crippen LogP contribution in [0.15, 0.2) is 47.5 Å². The number of para-hydroxylation sites is 1. The molecule has 94 valence electrons. The smallest absolute Gasteiger partial charge is 0.275 e. The lowest BCUT2D eigenvalue weighted by Gasteiger charge is -2.00. The molecule has 0 aromatic heterocycles. The van der Waals surface area contributed by atoms with E-state index in [1.807, 2.05) is 24.3 Å². The number of hydrogen-bond acceptors (Lipinski definition) is 2. The van der Waals surface area contributed by atoms with Gasteiger partial charge in [0.15, 0.2) is 0 Å². The predicted octanol–water partition coefficient (Wildman–Crippen LogP) is 4.07. The van der Waals surface area contributed by atoms with Crippen molar-refractivity contribution >= 4 is 46.2 Å². The average molecular weight is 291 g/mol. The monoisotopic (exact) mass is 290 g/mol. The third-order valence-electron chi connectivity index (χ3n) is 2.79. The Morgan fingerprint density at radius 2 is 1.84 bits per heavy atom. The fourth-order valence-corrected chi connectivity index (χ4v) is 2.36. The van der Waals surface area contributed by atoms with Gasteiger partial charge in [0.25, 0.3) is 5.91 Å². The lowest BCUT2D eigenvalue weighted by molar-refractivity contribution is -0.110. The molecule has 1 aliphatic rings. The highest BCUT2D eigenvalue weighted by Crippen LogP contribution is 2.31. The largest absolute Gasteiger partial charge is 0.320 e. The molecule has 0 fully saturated rings. The summed E-state index contributed by atoms with van der Waals surface area (Å²) in [5.41, 5.74) is 2.42. The van der Waals surface area contributed by atoms with Gasteiger partial charge in [-0.3, -0.25) is 4.79 Å². The van der Waals surface area contributed by atoms with E-state index in [4.69, 9.17) is 23.2 Å². The quantitative estimate of drug-likeness (QED) is 0.845. The first-order valence-corrected chi connectivity index (χ1v) is 6.35. The maximum atomic E-state index is 11.9. The van der Waals surface area contributed by atoms with Crippen LogP contribution in [0.2, 0.25) is 10.0 Å². The number of nitrogens with zero attached hydrogens (tertiary/aromatic N) is 1. The molecular weight excluding hydrogens is 283 g/mol. The molecule has 0 bridgehead atoms. The Hall–Kier alpha value is -1.84. The zero-order valence-corrected chi connectivity index (χ0v) is 11.2. The first-order chi connectivity index (χ1) is 9.15. The molecule has 2 aromatic carbocycles. The molecule has 0 atom stereocenters. The molecule has 19 heavy (non-hydrogen) atoms. The second-order valence-corrected chi connectivity index (χ2v) is 4.90. The summed E-state index contributed by atoms with van der Waals surface area (Å²) >= 11 is 11.9. The van der Waals surface area contributed by atoms with Crippen LogP contribution in [-0.2, 0) is 4.79 Å². The second-order valence-electron chi connectivity index (χ2n) is 4.06. The van der Waals surface area contributed by atoms with Crippen LogP contribution < -0.4 is 5.32 Å². The van der Waals surface area contributed by atoms with Crippen LogP contribution in [0.3, 0.4) is 0 Å². The maximum absolute atomic E-state index is 11.9. The third kappa shape index (κ3) is 2.23. The minimum atomic E-state index is -0.229. The number of carbonyl (C=O) groups is 1. The topological polar surface area (TPSA) is 41.5 Å². The molecule has 1 amide bonds. The molecule has 0 unspecified atom stereocenters. The molecule has 5 heteroatoms. The lowest BCUT2D eigenvalue weighted by atomic mass is 10.1. The van der Waals surface area contributed by atoms with Gasteiger partial charge in [0.1, 0.15) is 5.71 Å². The molecule has 3 nitrogen and oxygen atoms in total. The normalized spacial score (nSPS) is 15.5. The second kappa shape index (κ2) is 4.68. The van der Waals surface area contributed by atoms with Gasteiger partial charge in [-0.25, -0.2) is 4.99 Å². The summed E-state index contributed by atoms with van der Waals surface area (Å²) < 4.78 is 0. The fraction of sp³-hybridized carbons (Fsp3) is 0. The van der Waals surface area contributed by atoms with E-state index in [1.54, 1.807) is 18.2 Å². The van der Waals surface area contributed by atoms with Gasteiger partial charge in [0, 0.05) is 10.6 Å². The van der Waals surface area contributed by atoms with E-state index >= 15 is 0 Å². The minimum absolute atomic E-state index is 0.229. The van der Waals surface area contributed by atoms with Crippen LogP contribution in [0.25, 0.3) is 0 Å². The Morgan fingerprint density at radius 3 is 2.63 bits per heavy atom. The van der Waals surface area contributed by atoms with E-state index in [9.17, 15) is 4.79 Å². The van der Waals surface area contributed by atoms with Gasteiger partial charge in [0.2, 0.25) is 0 Å². The molecule has 0 saturated heterocycles. The van der Waals surface area contributed by atoms with Crippen LogP contribution in [0.5, 0.6) is 0 Å². The summed E-state index contributed by atoms with van der Waals surface area (Å²) in [6.45, 7) is 0. The summed E-state index contributed by atoms with van der Waals surface area (Å²) in [7, 11) is 0. The number of carbonyl (C=O) groups excluding carboxylic acids is 1. The molecule has 1 aliphatic heterocycles. The number of hydrogen-bond donors (Lipinski definition) is 1. The first-order valence-electron chi connectivity index (χ1n) is 5.59. The number of aliphatic imine (C=N–C) groups is 1. The van der Waals surface area contributed by atoms with Gasteiger partial charge in [-0.15, -0.1) is 0 Å². The molecule has 0 radical (unpaired) electrons. The highest BCUT2D eigenvalue weighted by molar-refractivity contribution is 6.54. The Morgan fingerprint density at radius 1 is 1.05 bits per heavy atom. The molecule has 0 spiro atoms. The van der Waals surface area contributed by atoms with E-state index in [1.165, 1.54) is 0 Å². The number of rotatable bonds is 1. The van der Waals surface area contributed by atoms with Gasteiger partial charge in [0.05, 0.1) is 16.4 Å². The van der Waals surface area contributed by atoms with E-state index in [0.29, 0.717) is 21.4 Å². The lowest BCUT2D eigenvalue weighted by Crippen LogP contribution is -2.13. The number of benzene rings is 2. The highest BCUT2D eigenvalue weighted by Gasteiger charge is 2.25. The van der Waals surface area contributed by atoms with Crippen LogP contribution in [0, 0.1) is 0 Å². The summed E-state index contributed by atoms with van der Waals surface area (Å²) in [5.74, 6) is -0.229. The number of halogens is 2. The van der Waals surface area contributed by atoms with Crippen molar-refractivity contribution in [2.24, 2.45) is 4.99 Å². The molecule has 0 saturated carbocycles. The molecule has 3 rings (SSSR count). The van der Waals surface area contributed by atoms with Gasteiger partial charge in [-0.05, 0) is 24.3 Å². The van der Waals surface area contributed by atoms with Crippen molar-refractivity contribution in [3.8, 4) is 0 Å². The van der Waals surface area contributed by atoms with Gasteiger partial charge < -0.3 is 5.32 Å². The summed E-state index contributed by atoms with van der Waals surface area (Å²) in [6.07, 6.45) is 0. The zero-order chi connectivity index (χ0) is 13.4. The van der Waals surface area contributed by atoms with Crippen molar-refractivity contribution in [1.29, 1.82) is 0 Å². The number of anilines is 1. The predicted molar refractivity (Wildman–Crippen MR) is 77.7 cm³/mol. The van der Waals surface area contributed by atoms with Crippen molar-refractivity contribution < 1.29 is 4.79 Å². The zero-order valence-electron chi connectivity index (χ0n) is 9.65. The van der Waals surface area contributed by atoms with Crippen LogP contribution in [0.1, 0.15) is 5.56 Å². The van der Waals surface area contributed by atoms with Gasteiger partial charge in [-0.1, -0.05) is 41.4 Å². The van der Waals surface area contributed by atoms with E-state index in [0.717, 1.165) is 11.3 Å².